The van der Waals surface area contributed by atoms with Crippen molar-refractivity contribution < 1.29 is 14.0 Å². The molecule has 140 valence electrons. The number of thioether (sulfide) groups is 1. The van der Waals surface area contributed by atoms with Crippen molar-refractivity contribution in [3.05, 3.63) is 28.3 Å². The second kappa shape index (κ2) is 9.18. The van der Waals surface area contributed by atoms with Gasteiger partial charge in [-0.25, -0.2) is 0 Å². The summed E-state index contributed by atoms with van der Waals surface area (Å²) < 4.78 is 5.50. The van der Waals surface area contributed by atoms with Gasteiger partial charge >= 0.3 is 0 Å². The third-order valence-corrected chi connectivity index (χ3v) is 6.00. The molecular formula is C17H22N4O3S2. The number of likely N-dealkylation sites (tertiary alicyclic amines) is 1. The Morgan fingerprint density at radius 2 is 2.31 bits per heavy atom. The number of thiophene rings is 1. The van der Waals surface area contributed by atoms with Crippen LogP contribution in [0.15, 0.2) is 27.2 Å². The van der Waals surface area contributed by atoms with Crippen LogP contribution in [0.1, 0.15) is 48.2 Å². The predicted octanol–water partition coefficient (Wildman–Crippen LogP) is 2.94. The lowest BCUT2D eigenvalue weighted by atomic mass is 10.0. The molecule has 9 heteroatoms. The third-order valence-electron chi connectivity index (χ3n) is 4.33. The number of hydrogen-bond donors (Lipinski definition) is 1. The van der Waals surface area contributed by atoms with E-state index < -0.39 is 0 Å². The first-order chi connectivity index (χ1) is 12.7. The smallest absolute Gasteiger partial charge is 0.277 e. The van der Waals surface area contributed by atoms with Gasteiger partial charge in [-0.2, -0.15) is 0 Å². The third kappa shape index (κ3) is 4.85. The highest BCUT2D eigenvalue weighted by atomic mass is 32.2. The lowest BCUT2D eigenvalue weighted by Crippen LogP contribution is -2.44. The van der Waals surface area contributed by atoms with E-state index in [0.717, 1.165) is 25.8 Å². The Morgan fingerprint density at radius 1 is 1.42 bits per heavy atom. The van der Waals surface area contributed by atoms with Crippen molar-refractivity contribution in [3.63, 3.8) is 0 Å². The average molecular weight is 395 g/mol. The SMILES string of the molecule is CC[C@@H]1CCCCN1C(=O)CSc1nnc(CNC(=O)c2cccs2)o1. The zero-order chi connectivity index (χ0) is 18.4. The molecule has 2 aromatic rings. The summed E-state index contributed by atoms with van der Waals surface area (Å²) in [6.07, 6.45) is 4.34. The number of carbonyl (C=O) groups excluding carboxylic acids is 2. The molecule has 1 aliphatic heterocycles. The van der Waals surface area contributed by atoms with Crippen molar-refractivity contribution in [2.75, 3.05) is 12.3 Å². The highest BCUT2D eigenvalue weighted by molar-refractivity contribution is 7.99. The summed E-state index contributed by atoms with van der Waals surface area (Å²) in [5.74, 6) is 0.569. The van der Waals surface area contributed by atoms with Crippen LogP contribution in [-0.2, 0) is 11.3 Å². The fourth-order valence-corrected chi connectivity index (χ4v) is 4.29. The molecule has 2 amide bonds. The number of nitrogens with zero attached hydrogens (tertiary/aromatic N) is 3. The minimum atomic E-state index is -0.168. The van der Waals surface area contributed by atoms with E-state index in [9.17, 15) is 9.59 Å². The Morgan fingerprint density at radius 3 is 3.08 bits per heavy atom. The molecule has 7 nitrogen and oxygen atoms in total. The highest BCUT2D eigenvalue weighted by Gasteiger charge is 2.25. The van der Waals surface area contributed by atoms with Crippen LogP contribution in [0.2, 0.25) is 0 Å². The number of rotatable bonds is 7. The zero-order valence-electron chi connectivity index (χ0n) is 14.6. The normalized spacial score (nSPS) is 17.3. The van der Waals surface area contributed by atoms with Gasteiger partial charge in [-0.15, -0.1) is 21.5 Å². The first kappa shape index (κ1) is 18.9. The monoisotopic (exact) mass is 394 g/mol. The summed E-state index contributed by atoms with van der Waals surface area (Å²) >= 11 is 2.62. The van der Waals surface area contributed by atoms with E-state index >= 15 is 0 Å². The molecule has 1 fully saturated rings. The van der Waals surface area contributed by atoms with Crippen molar-refractivity contribution in [1.29, 1.82) is 0 Å². The highest BCUT2D eigenvalue weighted by Crippen LogP contribution is 2.22. The molecule has 1 N–H and O–H groups in total. The maximum Gasteiger partial charge on any atom is 0.277 e. The summed E-state index contributed by atoms with van der Waals surface area (Å²) in [5, 5.41) is 12.8. The fourth-order valence-electron chi connectivity index (χ4n) is 2.98. The van der Waals surface area contributed by atoms with E-state index in [2.05, 4.69) is 22.4 Å². The Balaban J connectivity index is 1.46. The molecule has 0 aromatic carbocycles. The van der Waals surface area contributed by atoms with Crippen LogP contribution in [0.3, 0.4) is 0 Å². The Hall–Kier alpha value is -1.87. The van der Waals surface area contributed by atoms with Gasteiger partial charge < -0.3 is 14.6 Å². The molecule has 0 aliphatic carbocycles. The van der Waals surface area contributed by atoms with Crippen molar-refractivity contribution in [2.24, 2.45) is 0 Å². The summed E-state index contributed by atoms with van der Waals surface area (Å²) in [6.45, 7) is 3.13. The van der Waals surface area contributed by atoms with Crippen LogP contribution in [0, 0.1) is 0 Å². The van der Waals surface area contributed by atoms with Crippen molar-refractivity contribution in [1.82, 2.24) is 20.4 Å². The Kier molecular flexibility index (Phi) is 6.67. The molecule has 0 radical (unpaired) electrons. The number of piperidine rings is 1. The van der Waals surface area contributed by atoms with Crippen LogP contribution in [0.5, 0.6) is 0 Å². The van der Waals surface area contributed by atoms with E-state index in [1.54, 1.807) is 6.07 Å². The van der Waals surface area contributed by atoms with Crippen LogP contribution >= 0.6 is 23.1 Å². The lowest BCUT2D eigenvalue weighted by molar-refractivity contribution is -0.132. The second-order valence-electron chi connectivity index (χ2n) is 6.06. The molecule has 26 heavy (non-hydrogen) atoms. The number of carbonyl (C=O) groups is 2. The van der Waals surface area contributed by atoms with Gasteiger partial charge in [0, 0.05) is 12.6 Å². The first-order valence-corrected chi connectivity index (χ1v) is 10.6. The maximum atomic E-state index is 12.5. The zero-order valence-corrected chi connectivity index (χ0v) is 16.3. The molecule has 1 saturated heterocycles. The van der Waals surface area contributed by atoms with E-state index in [0.29, 0.717) is 27.8 Å². The number of hydrogen-bond acceptors (Lipinski definition) is 7. The number of amides is 2. The average Bonchev–Trinajstić information content (AvgIpc) is 3.36. The molecule has 3 heterocycles. The van der Waals surface area contributed by atoms with E-state index in [1.807, 2.05) is 16.3 Å². The van der Waals surface area contributed by atoms with Gasteiger partial charge in [0.05, 0.1) is 17.2 Å². The first-order valence-electron chi connectivity index (χ1n) is 8.73. The Labute approximate surface area is 160 Å². The van der Waals surface area contributed by atoms with Gasteiger partial charge in [0.1, 0.15) is 0 Å². The minimum Gasteiger partial charge on any atom is -0.414 e. The predicted molar refractivity (Wildman–Crippen MR) is 100 cm³/mol. The Bertz CT molecular complexity index is 732. The summed E-state index contributed by atoms with van der Waals surface area (Å²) in [5.41, 5.74) is 0. The van der Waals surface area contributed by atoms with Crippen LogP contribution in [-0.4, -0.2) is 45.3 Å². The quantitative estimate of drug-likeness (QED) is 0.727. The van der Waals surface area contributed by atoms with Gasteiger partial charge in [-0.3, -0.25) is 9.59 Å². The molecular weight excluding hydrogens is 372 g/mol. The van der Waals surface area contributed by atoms with Gasteiger partial charge in [0.25, 0.3) is 11.1 Å². The minimum absolute atomic E-state index is 0.118. The van der Waals surface area contributed by atoms with Gasteiger partial charge in [0.15, 0.2) is 0 Å². The summed E-state index contributed by atoms with van der Waals surface area (Å²) in [4.78, 5) is 27.0. The largest absolute Gasteiger partial charge is 0.414 e. The van der Waals surface area contributed by atoms with E-state index in [1.165, 1.54) is 29.5 Å². The van der Waals surface area contributed by atoms with Crippen molar-refractivity contribution in [2.45, 2.75) is 50.4 Å². The molecule has 0 saturated carbocycles. The van der Waals surface area contributed by atoms with Crippen LogP contribution in [0.4, 0.5) is 0 Å². The van der Waals surface area contributed by atoms with Crippen LogP contribution in [0.25, 0.3) is 0 Å². The molecule has 1 atom stereocenters. The van der Waals surface area contributed by atoms with Crippen molar-refractivity contribution >= 4 is 34.9 Å². The molecule has 0 spiro atoms. The number of aromatic nitrogens is 2. The van der Waals surface area contributed by atoms with Gasteiger partial charge in [-0.1, -0.05) is 24.8 Å². The van der Waals surface area contributed by atoms with Crippen molar-refractivity contribution in [3.8, 4) is 0 Å². The standard InChI is InChI=1S/C17H22N4O3S2/c1-2-12-6-3-4-8-21(12)15(22)11-26-17-20-19-14(24-17)10-18-16(23)13-7-5-9-25-13/h5,7,9,12H,2-4,6,8,10-11H2,1H3,(H,18,23)/t12-/m1/s1. The lowest BCUT2D eigenvalue weighted by Gasteiger charge is -2.35. The molecule has 2 aromatic heterocycles. The molecule has 0 bridgehead atoms. The molecule has 0 unspecified atom stereocenters. The maximum absolute atomic E-state index is 12.5. The molecule has 1 aliphatic rings. The van der Waals surface area contributed by atoms with E-state index in [4.69, 9.17) is 4.42 Å². The second-order valence-corrected chi connectivity index (χ2v) is 7.93. The summed E-state index contributed by atoms with van der Waals surface area (Å²) in [7, 11) is 0. The topological polar surface area (TPSA) is 88.3 Å². The number of nitrogens with one attached hydrogen (secondary N) is 1. The fraction of sp³-hybridized carbons (Fsp3) is 0.529. The summed E-state index contributed by atoms with van der Waals surface area (Å²) in [6, 6.07) is 3.93. The molecule has 3 rings (SSSR count). The van der Waals surface area contributed by atoms with Gasteiger partial charge in [0.2, 0.25) is 11.8 Å². The van der Waals surface area contributed by atoms with Gasteiger partial charge in [-0.05, 0) is 37.1 Å². The van der Waals surface area contributed by atoms with Crippen LogP contribution < -0.4 is 5.32 Å². The van der Waals surface area contributed by atoms with E-state index in [-0.39, 0.29) is 18.4 Å².